The van der Waals surface area contributed by atoms with Crippen LogP contribution in [0.15, 0.2) is 4.76 Å². The molecule has 0 spiro atoms. The van der Waals surface area contributed by atoms with E-state index < -0.39 is 7.95 Å². The van der Waals surface area contributed by atoms with Crippen LogP contribution in [0, 0.1) is 0 Å². The van der Waals surface area contributed by atoms with Crippen molar-refractivity contribution in [1.29, 1.82) is 0 Å². The molecule has 0 aromatic heterocycles. The molecule has 0 radical (unpaired) electrons. The molecule has 5 heteroatoms. The standard InChI is InChI=1S/C2H7N3OP/c1-7(6)5-2(3)4/h1H3,(H4,3,4,5,6)/q+1. The van der Waals surface area contributed by atoms with Gasteiger partial charge in [-0.15, -0.1) is 0 Å². The van der Waals surface area contributed by atoms with Crippen molar-refractivity contribution < 1.29 is 4.57 Å². The highest BCUT2D eigenvalue weighted by molar-refractivity contribution is 7.42. The van der Waals surface area contributed by atoms with Crippen molar-refractivity contribution in [3.8, 4) is 0 Å². The quantitative estimate of drug-likeness (QED) is 0.281. The molecule has 0 aliphatic carbocycles. The van der Waals surface area contributed by atoms with Crippen molar-refractivity contribution >= 4 is 13.9 Å². The maximum atomic E-state index is 10.1. The number of rotatable bonds is 1. The van der Waals surface area contributed by atoms with Crippen molar-refractivity contribution in [2.24, 2.45) is 16.2 Å². The second kappa shape index (κ2) is 2.53. The first-order chi connectivity index (χ1) is 3.13. The number of hydrogen-bond donors (Lipinski definition) is 2. The number of nitrogens with two attached hydrogens (primary N) is 2. The number of hydrogen-bond acceptors (Lipinski definition) is 1. The molecule has 0 rings (SSSR count). The lowest BCUT2D eigenvalue weighted by Gasteiger charge is -1.73. The summed E-state index contributed by atoms with van der Waals surface area (Å²) in [6, 6.07) is 0. The first-order valence-electron chi connectivity index (χ1n) is 1.63. The zero-order valence-corrected chi connectivity index (χ0v) is 4.85. The Kier molecular flexibility index (Phi) is 2.30. The fourth-order valence-electron chi connectivity index (χ4n) is 0.163. The van der Waals surface area contributed by atoms with E-state index in [1.165, 1.54) is 6.66 Å². The highest BCUT2D eigenvalue weighted by atomic mass is 31.1. The summed E-state index contributed by atoms with van der Waals surface area (Å²) in [7, 11) is -1.55. The molecule has 7 heavy (non-hydrogen) atoms. The Morgan fingerprint density at radius 3 is 2.14 bits per heavy atom. The summed E-state index contributed by atoms with van der Waals surface area (Å²) in [5, 5.41) is 0. The second-order valence-electron chi connectivity index (χ2n) is 0.989. The van der Waals surface area contributed by atoms with Gasteiger partial charge in [0.25, 0.3) is 0 Å². The molecule has 0 aliphatic heterocycles. The molecule has 0 aromatic rings. The Bertz CT molecular complexity index is 106. The molecule has 0 aliphatic rings. The van der Waals surface area contributed by atoms with Gasteiger partial charge in [-0.1, -0.05) is 0 Å². The van der Waals surface area contributed by atoms with Crippen molar-refractivity contribution in [2.75, 3.05) is 6.66 Å². The maximum absolute atomic E-state index is 10.1. The van der Waals surface area contributed by atoms with Crippen LogP contribution in [-0.4, -0.2) is 12.6 Å². The summed E-state index contributed by atoms with van der Waals surface area (Å²) in [6.07, 6.45) is 0. The first-order valence-corrected chi connectivity index (χ1v) is 3.29. The molecule has 1 unspecified atom stereocenters. The Morgan fingerprint density at radius 1 is 1.71 bits per heavy atom. The molecule has 40 valence electrons. The third-order valence-electron chi connectivity index (χ3n) is 0.256. The van der Waals surface area contributed by atoms with Crippen LogP contribution in [0.2, 0.25) is 0 Å². The zero-order valence-electron chi connectivity index (χ0n) is 3.96. The van der Waals surface area contributed by atoms with E-state index in [9.17, 15) is 4.57 Å². The molecule has 4 nitrogen and oxygen atoms in total. The molecule has 0 aromatic carbocycles. The van der Waals surface area contributed by atoms with Crippen LogP contribution >= 0.6 is 7.95 Å². The Balaban J connectivity index is 3.68. The molecule has 4 N–H and O–H groups in total. The Labute approximate surface area is 42.4 Å². The van der Waals surface area contributed by atoms with Gasteiger partial charge < -0.3 is 11.5 Å². The van der Waals surface area contributed by atoms with Crippen LogP contribution in [0.4, 0.5) is 0 Å². The molecular weight excluding hydrogens is 113 g/mol. The highest BCUT2D eigenvalue weighted by Gasteiger charge is 1.99. The van der Waals surface area contributed by atoms with Crippen LogP contribution in [0.25, 0.3) is 0 Å². The van der Waals surface area contributed by atoms with Crippen LogP contribution in [0.1, 0.15) is 0 Å². The number of nitrogens with zero attached hydrogens (tertiary/aromatic N) is 1. The van der Waals surface area contributed by atoms with Crippen LogP contribution in [-0.2, 0) is 4.57 Å². The Morgan fingerprint density at radius 2 is 2.14 bits per heavy atom. The third kappa shape index (κ3) is 5.37. The van der Waals surface area contributed by atoms with Gasteiger partial charge in [0.15, 0.2) is 6.66 Å². The summed E-state index contributed by atoms with van der Waals surface area (Å²) in [4.78, 5) is 0. The first kappa shape index (κ1) is 6.37. The third-order valence-corrected chi connectivity index (χ3v) is 0.769. The van der Waals surface area contributed by atoms with E-state index in [0.29, 0.717) is 0 Å². The van der Waals surface area contributed by atoms with Gasteiger partial charge >= 0.3 is 7.95 Å². The van der Waals surface area contributed by atoms with E-state index in [0.717, 1.165) is 0 Å². The minimum atomic E-state index is -1.55. The summed E-state index contributed by atoms with van der Waals surface area (Å²) in [5.41, 5.74) is 9.67. The maximum Gasteiger partial charge on any atom is 0.485 e. The molecule has 0 bridgehead atoms. The lowest BCUT2D eigenvalue weighted by molar-refractivity contribution is 0.592. The van der Waals surface area contributed by atoms with E-state index >= 15 is 0 Å². The highest BCUT2D eigenvalue weighted by Crippen LogP contribution is 2.12. The van der Waals surface area contributed by atoms with Crippen molar-refractivity contribution in [1.82, 2.24) is 0 Å². The van der Waals surface area contributed by atoms with Crippen LogP contribution in [0.3, 0.4) is 0 Å². The summed E-state index contributed by atoms with van der Waals surface area (Å²) < 4.78 is 13.3. The topological polar surface area (TPSA) is 81.5 Å². The average molecular weight is 120 g/mol. The fraction of sp³-hybridized carbons (Fsp3) is 0.500. The summed E-state index contributed by atoms with van der Waals surface area (Å²) >= 11 is 0. The molecule has 0 heterocycles. The van der Waals surface area contributed by atoms with Gasteiger partial charge in [0.05, 0.1) is 0 Å². The summed E-state index contributed by atoms with van der Waals surface area (Å²) in [6.45, 7) is 1.43. The molecule has 0 fully saturated rings. The monoisotopic (exact) mass is 120 g/mol. The van der Waals surface area contributed by atoms with Gasteiger partial charge in [0.1, 0.15) is 0 Å². The van der Waals surface area contributed by atoms with E-state index in [2.05, 4.69) is 4.76 Å². The normalized spacial score (nSPS) is 10.1. The molecule has 1 atom stereocenters. The van der Waals surface area contributed by atoms with E-state index in [-0.39, 0.29) is 5.96 Å². The zero-order chi connectivity index (χ0) is 5.86. The largest absolute Gasteiger partial charge is 0.485 e. The van der Waals surface area contributed by atoms with Gasteiger partial charge in [-0.05, 0) is 4.57 Å². The molecule has 0 saturated heterocycles. The van der Waals surface area contributed by atoms with Crippen molar-refractivity contribution in [3.63, 3.8) is 0 Å². The minimum absolute atomic E-state index is 0.122. The molecular formula is C2H7N3OP+. The smallest absolute Gasteiger partial charge is 0.367 e. The van der Waals surface area contributed by atoms with Gasteiger partial charge in [-0.3, -0.25) is 0 Å². The van der Waals surface area contributed by atoms with E-state index in [4.69, 9.17) is 11.5 Å². The lowest BCUT2D eigenvalue weighted by Crippen LogP contribution is -2.21. The molecule has 0 saturated carbocycles. The van der Waals surface area contributed by atoms with E-state index in [1.54, 1.807) is 0 Å². The second-order valence-corrected chi connectivity index (χ2v) is 2.12. The van der Waals surface area contributed by atoms with Crippen LogP contribution in [0.5, 0.6) is 0 Å². The van der Waals surface area contributed by atoms with Crippen molar-refractivity contribution in [3.05, 3.63) is 0 Å². The Hall–Kier alpha value is -0.630. The summed E-state index contributed by atoms with van der Waals surface area (Å²) in [5.74, 6) is -0.122. The minimum Gasteiger partial charge on any atom is -0.367 e. The predicted molar refractivity (Wildman–Crippen MR) is 29.3 cm³/mol. The van der Waals surface area contributed by atoms with Crippen LogP contribution < -0.4 is 11.5 Å². The average Bonchev–Trinajstić information content (AvgIpc) is 1.27. The molecule has 0 amide bonds. The fourth-order valence-corrected chi connectivity index (χ4v) is 0.488. The van der Waals surface area contributed by atoms with Gasteiger partial charge in [-0.2, -0.15) is 0 Å². The predicted octanol–water partition coefficient (Wildman–Crippen LogP) is -0.368. The van der Waals surface area contributed by atoms with Gasteiger partial charge in [0, 0.05) is 4.76 Å². The van der Waals surface area contributed by atoms with Gasteiger partial charge in [-0.25, -0.2) is 0 Å². The van der Waals surface area contributed by atoms with E-state index in [1.807, 2.05) is 0 Å². The van der Waals surface area contributed by atoms with Crippen molar-refractivity contribution in [2.45, 2.75) is 0 Å². The number of guanidine groups is 1. The van der Waals surface area contributed by atoms with Gasteiger partial charge in [0.2, 0.25) is 5.96 Å². The SMILES string of the molecule is C[P+](=O)N=C(N)N. The lowest BCUT2D eigenvalue weighted by atomic mass is 11.1.